The number of carbonyl (C=O) groups is 3. The van der Waals surface area contributed by atoms with Crippen molar-refractivity contribution in [2.24, 2.45) is 0 Å². The Labute approximate surface area is 472 Å². The van der Waals surface area contributed by atoms with Crippen LogP contribution in [-0.4, -0.2) is 37.2 Å². The van der Waals surface area contributed by atoms with Gasteiger partial charge in [0.2, 0.25) is 0 Å². The smallest absolute Gasteiger partial charge is 0.306 e. The van der Waals surface area contributed by atoms with Gasteiger partial charge in [-0.15, -0.1) is 0 Å². The zero-order chi connectivity index (χ0) is 55.7. The first kappa shape index (κ1) is 71.5. The quantitative estimate of drug-likeness (QED) is 0.0261. The lowest BCUT2D eigenvalue weighted by Crippen LogP contribution is -2.30. The van der Waals surface area contributed by atoms with Crippen molar-refractivity contribution in [1.29, 1.82) is 0 Å². The van der Waals surface area contributed by atoms with Crippen molar-refractivity contribution in [2.45, 2.75) is 232 Å². The molecule has 0 spiro atoms. The molecule has 428 valence electrons. The number of hydrogen-bond donors (Lipinski definition) is 0. The number of esters is 3. The Kier molecular flexibility index (Phi) is 58.6. The van der Waals surface area contributed by atoms with Gasteiger partial charge < -0.3 is 14.2 Å². The molecule has 0 aliphatic carbocycles. The first-order chi connectivity index (χ1) is 38.0. The van der Waals surface area contributed by atoms with Crippen LogP contribution in [0.15, 0.2) is 182 Å². The highest BCUT2D eigenvalue weighted by Crippen LogP contribution is 2.12. The number of unbranched alkanes of at least 4 members (excludes halogenated alkanes) is 11. The van der Waals surface area contributed by atoms with Crippen LogP contribution in [0.3, 0.4) is 0 Å². The first-order valence-corrected chi connectivity index (χ1v) is 30.3. The molecule has 0 saturated carbocycles. The molecule has 0 amide bonds. The van der Waals surface area contributed by atoms with E-state index in [1.54, 1.807) is 0 Å². The fraction of sp³-hybridized carbons (Fsp3) is 0.535. The van der Waals surface area contributed by atoms with Gasteiger partial charge >= 0.3 is 17.9 Å². The van der Waals surface area contributed by atoms with Crippen LogP contribution in [0.5, 0.6) is 0 Å². The molecule has 0 aromatic heterocycles. The normalized spacial score (nSPS) is 13.4. The van der Waals surface area contributed by atoms with Crippen LogP contribution in [0.1, 0.15) is 226 Å². The van der Waals surface area contributed by atoms with Crippen LogP contribution < -0.4 is 0 Å². The maximum atomic E-state index is 12.7. The Bertz CT molecular complexity index is 1840. The number of carbonyl (C=O) groups excluding carboxylic acids is 3. The van der Waals surface area contributed by atoms with Crippen molar-refractivity contribution in [3.63, 3.8) is 0 Å². The molecule has 0 aliphatic rings. The number of ether oxygens (including phenoxy) is 3. The van der Waals surface area contributed by atoms with Crippen molar-refractivity contribution >= 4 is 17.9 Å². The van der Waals surface area contributed by atoms with Crippen LogP contribution in [0.2, 0.25) is 0 Å². The fourth-order valence-corrected chi connectivity index (χ4v) is 7.46. The van der Waals surface area contributed by atoms with Crippen LogP contribution in [0, 0.1) is 0 Å². The summed E-state index contributed by atoms with van der Waals surface area (Å²) >= 11 is 0. The number of rotatable bonds is 52. The van der Waals surface area contributed by atoms with Gasteiger partial charge in [0.25, 0.3) is 0 Å². The predicted octanol–water partition coefficient (Wildman–Crippen LogP) is 20.9. The summed E-state index contributed by atoms with van der Waals surface area (Å²) in [5.74, 6) is -1.04. The Hall–Kier alpha value is -5.49. The highest BCUT2D eigenvalue weighted by atomic mass is 16.6. The summed E-state index contributed by atoms with van der Waals surface area (Å²) in [6.07, 6.45) is 95.2. The lowest BCUT2D eigenvalue weighted by Gasteiger charge is -2.18. The molecular formula is C71H108O6. The van der Waals surface area contributed by atoms with E-state index < -0.39 is 12.1 Å². The lowest BCUT2D eigenvalue weighted by atomic mass is 10.1. The molecule has 0 aromatic carbocycles. The third-order valence-electron chi connectivity index (χ3n) is 11.9. The molecule has 1 atom stereocenters. The molecule has 0 N–H and O–H groups in total. The average Bonchev–Trinajstić information content (AvgIpc) is 3.43. The minimum atomic E-state index is -0.829. The van der Waals surface area contributed by atoms with E-state index >= 15 is 0 Å². The van der Waals surface area contributed by atoms with Gasteiger partial charge in [0.05, 0.1) is 0 Å². The maximum Gasteiger partial charge on any atom is 0.306 e. The van der Waals surface area contributed by atoms with Crippen LogP contribution in [0.25, 0.3) is 0 Å². The highest BCUT2D eigenvalue weighted by Gasteiger charge is 2.19. The standard InChI is InChI=1S/C71H108O6/c1-4-7-10-13-15-17-19-21-23-25-27-28-29-30-31-32-33-34-35-36-37-38-39-40-41-42-44-45-47-49-51-53-55-58-61-64-70(73)76-67-68(66-75-69(72)63-60-57-12-9-6-3)77-71(74)65-62-59-56-54-52-50-48-46-43-26-24-22-20-18-16-14-11-8-5-2/h7-8,10-11,15-18,21-24,27-28,30-31,33-34,36-37,39-40,42-44,46,50,52,56,59,68H,4-6,9,12-14,19-20,25-26,29,32,35,38,41,45,47-49,51,53-55,57-58,60-67H2,1-3H3/b10-7-,11-8-,17-15-,18-16-,23-21-,24-22-,28-27-,31-30-,34-33-,37-36-,40-39-,44-42-,46-43-,52-50-,59-56-. The van der Waals surface area contributed by atoms with Gasteiger partial charge in [-0.25, -0.2) is 0 Å². The third-order valence-corrected chi connectivity index (χ3v) is 11.9. The zero-order valence-electron chi connectivity index (χ0n) is 48.9. The molecule has 0 heterocycles. The van der Waals surface area contributed by atoms with Gasteiger partial charge in [-0.2, -0.15) is 0 Å². The van der Waals surface area contributed by atoms with E-state index in [9.17, 15) is 14.4 Å². The summed E-state index contributed by atoms with van der Waals surface area (Å²) in [4.78, 5) is 37.8. The summed E-state index contributed by atoms with van der Waals surface area (Å²) in [6.45, 7) is 6.23. The number of allylic oxidation sites excluding steroid dienone is 30. The largest absolute Gasteiger partial charge is 0.462 e. The zero-order valence-corrected chi connectivity index (χ0v) is 48.9. The SMILES string of the molecule is CC/C=C\C/C=C\C/C=C\C/C=C\C/C=C\C/C=C\C/C=C\C/C=C\C/C=C\CCCCCCCCCC(=O)OCC(COC(=O)CCCCCCC)OC(=O)CC/C=C\C/C=C\C/C=C\C/C=C\C/C=C\C/C=C\CC. The van der Waals surface area contributed by atoms with E-state index in [2.05, 4.69) is 191 Å². The summed E-state index contributed by atoms with van der Waals surface area (Å²) in [5.41, 5.74) is 0. The molecule has 0 aliphatic heterocycles. The second kappa shape index (κ2) is 63.0. The van der Waals surface area contributed by atoms with Crippen molar-refractivity contribution in [2.75, 3.05) is 13.2 Å². The van der Waals surface area contributed by atoms with E-state index in [0.29, 0.717) is 19.3 Å². The summed E-state index contributed by atoms with van der Waals surface area (Å²) < 4.78 is 16.6. The maximum absolute atomic E-state index is 12.7. The van der Waals surface area contributed by atoms with E-state index in [-0.39, 0.29) is 31.6 Å². The molecular weight excluding hydrogens is 949 g/mol. The van der Waals surface area contributed by atoms with Crippen molar-refractivity contribution in [1.82, 2.24) is 0 Å². The van der Waals surface area contributed by atoms with Gasteiger partial charge in [0.15, 0.2) is 6.10 Å². The summed E-state index contributed by atoms with van der Waals surface area (Å²) in [5, 5.41) is 0. The Morgan fingerprint density at radius 1 is 0.273 bits per heavy atom. The van der Waals surface area contributed by atoms with Gasteiger partial charge in [0, 0.05) is 19.3 Å². The molecule has 6 heteroatoms. The Morgan fingerprint density at radius 2 is 0.532 bits per heavy atom. The van der Waals surface area contributed by atoms with Gasteiger partial charge in [-0.3, -0.25) is 14.4 Å². The molecule has 0 radical (unpaired) electrons. The highest BCUT2D eigenvalue weighted by molar-refractivity contribution is 5.71. The van der Waals surface area contributed by atoms with E-state index in [1.807, 2.05) is 12.2 Å². The van der Waals surface area contributed by atoms with Crippen LogP contribution in [-0.2, 0) is 28.6 Å². The van der Waals surface area contributed by atoms with Gasteiger partial charge in [-0.1, -0.05) is 261 Å². The average molecular weight is 1060 g/mol. The molecule has 77 heavy (non-hydrogen) atoms. The predicted molar refractivity (Wildman–Crippen MR) is 334 cm³/mol. The van der Waals surface area contributed by atoms with E-state index in [4.69, 9.17) is 14.2 Å². The first-order valence-electron chi connectivity index (χ1n) is 30.3. The van der Waals surface area contributed by atoms with Gasteiger partial charge in [0.1, 0.15) is 13.2 Å². The Balaban J connectivity index is 4.19. The van der Waals surface area contributed by atoms with Crippen LogP contribution in [0.4, 0.5) is 0 Å². The molecule has 0 bridgehead atoms. The molecule has 0 rings (SSSR count). The Morgan fingerprint density at radius 3 is 0.844 bits per heavy atom. The van der Waals surface area contributed by atoms with E-state index in [0.717, 1.165) is 161 Å². The molecule has 0 saturated heterocycles. The summed E-state index contributed by atoms with van der Waals surface area (Å²) in [6, 6.07) is 0. The number of hydrogen-bond acceptors (Lipinski definition) is 6. The second-order valence-corrected chi connectivity index (χ2v) is 19.1. The van der Waals surface area contributed by atoms with Crippen LogP contribution >= 0.6 is 0 Å². The van der Waals surface area contributed by atoms with Crippen molar-refractivity contribution in [3.05, 3.63) is 182 Å². The van der Waals surface area contributed by atoms with E-state index in [1.165, 1.54) is 19.3 Å². The lowest BCUT2D eigenvalue weighted by molar-refractivity contribution is -0.166. The monoisotopic (exact) mass is 1060 g/mol. The molecule has 0 fully saturated rings. The molecule has 0 aromatic rings. The minimum Gasteiger partial charge on any atom is -0.462 e. The molecule has 6 nitrogen and oxygen atoms in total. The molecule has 1 unspecified atom stereocenters. The summed E-state index contributed by atoms with van der Waals surface area (Å²) in [7, 11) is 0. The van der Waals surface area contributed by atoms with Crippen molar-refractivity contribution < 1.29 is 28.6 Å². The topological polar surface area (TPSA) is 78.9 Å². The van der Waals surface area contributed by atoms with Crippen molar-refractivity contribution in [3.8, 4) is 0 Å². The fourth-order valence-electron chi connectivity index (χ4n) is 7.46. The third kappa shape index (κ3) is 61.2. The van der Waals surface area contributed by atoms with Gasteiger partial charge in [-0.05, 0) is 128 Å². The minimum absolute atomic E-state index is 0.120. The second-order valence-electron chi connectivity index (χ2n) is 19.1.